The Kier molecular flexibility index (Phi) is 6.24. The van der Waals surface area contributed by atoms with E-state index in [1.807, 2.05) is 18.2 Å². The van der Waals surface area contributed by atoms with E-state index >= 15 is 0 Å². The summed E-state index contributed by atoms with van der Waals surface area (Å²) in [7, 11) is 0. The summed E-state index contributed by atoms with van der Waals surface area (Å²) in [6.45, 7) is 0.579. The number of hydrogen-bond acceptors (Lipinski definition) is 5. The highest BCUT2D eigenvalue weighted by Gasteiger charge is 2.46. The fourth-order valence-electron chi connectivity index (χ4n) is 5.25. The van der Waals surface area contributed by atoms with Crippen molar-refractivity contribution in [1.29, 1.82) is 0 Å². The lowest BCUT2D eigenvalue weighted by Crippen LogP contribution is -2.47. The third-order valence-corrected chi connectivity index (χ3v) is 7.15. The highest BCUT2D eigenvalue weighted by molar-refractivity contribution is 5.89. The number of aliphatic hydroxyl groups excluding tert-OH is 1. The van der Waals surface area contributed by atoms with Crippen molar-refractivity contribution >= 4 is 17.6 Å². The molecular formula is C24H33N3O5. The van der Waals surface area contributed by atoms with Gasteiger partial charge in [0, 0.05) is 29.8 Å². The van der Waals surface area contributed by atoms with Crippen LogP contribution in [0.25, 0.3) is 0 Å². The molecule has 2 aliphatic heterocycles. The molecule has 0 radical (unpaired) electrons. The predicted molar refractivity (Wildman–Crippen MR) is 119 cm³/mol. The number of carbonyl (C=O) groups is 2. The number of ether oxygens (including phenoxy) is 2. The minimum absolute atomic E-state index is 0.00446. The molecular weight excluding hydrogens is 410 g/mol. The molecule has 2 aliphatic carbocycles. The molecule has 32 heavy (non-hydrogen) atoms. The number of anilines is 1. The largest absolute Gasteiger partial charge is 0.487 e. The lowest BCUT2D eigenvalue weighted by atomic mass is 9.84. The fraction of sp³-hybridized carbons (Fsp3) is 0.667. The van der Waals surface area contributed by atoms with E-state index < -0.39 is 6.10 Å². The lowest BCUT2D eigenvalue weighted by molar-refractivity contribution is -0.142. The van der Waals surface area contributed by atoms with Gasteiger partial charge in [0.05, 0.1) is 19.1 Å². The summed E-state index contributed by atoms with van der Waals surface area (Å²) < 4.78 is 12.1. The minimum atomic E-state index is -0.482. The van der Waals surface area contributed by atoms with Gasteiger partial charge in [-0.3, -0.25) is 4.79 Å². The Morgan fingerprint density at radius 3 is 2.69 bits per heavy atom. The monoisotopic (exact) mass is 443 g/mol. The Balaban J connectivity index is 1.24. The van der Waals surface area contributed by atoms with Gasteiger partial charge in [0.1, 0.15) is 18.0 Å². The van der Waals surface area contributed by atoms with E-state index in [1.165, 1.54) is 12.8 Å². The predicted octanol–water partition coefficient (Wildman–Crippen LogP) is 2.66. The normalized spacial score (nSPS) is 29.0. The molecule has 4 atom stereocenters. The van der Waals surface area contributed by atoms with Crippen LogP contribution in [0.5, 0.6) is 5.75 Å². The van der Waals surface area contributed by atoms with Gasteiger partial charge >= 0.3 is 6.03 Å². The van der Waals surface area contributed by atoms with Crippen molar-refractivity contribution in [3.05, 3.63) is 23.8 Å². The number of urea groups is 1. The van der Waals surface area contributed by atoms with Gasteiger partial charge in [0.15, 0.2) is 0 Å². The van der Waals surface area contributed by atoms with Crippen LogP contribution < -0.4 is 20.7 Å². The van der Waals surface area contributed by atoms with E-state index in [0.717, 1.165) is 43.5 Å². The number of carbonyl (C=O) groups excluding carboxylic acids is 2. The van der Waals surface area contributed by atoms with Gasteiger partial charge < -0.3 is 30.5 Å². The zero-order valence-corrected chi connectivity index (χ0v) is 18.3. The maximum Gasteiger partial charge on any atom is 0.319 e. The number of fused-ring (bicyclic) bond motifs is 3. The van der Waals surface area contributed by atoms with Crippen molar-refractivity contribution in [2.24, 2.45) is 5.92 Å². The zero-order valence-electron chi connectivity index (χ0n) is 18.3. The van der Waals surface area contributed by atoms with Crippen molar-refractivity contribution in [3.8, 4) is 5.75 Å². The van der Waals surface area contributed by atoms with Crippen molar-refractivity contribution in [1.82, 2.24) is 10.6 Å². The molecule has 0 aromatic heterocycles. The van der Waals surface area contributed by atoms with Crippen LogP contribution in [0.3, 0.4) is 0 Å². The molecule has 4 N–H and O–H groups in total. The average Bonchev–Trinajstić information content (AvgIpc) is 3.35. The van der Waals surface area contributed by atoms with E-state index in [-0.39, 0.29) is 49.1 Å². The van der Waals surface area contributed by atoms with E-state index in [0.29, 0.717) is 18.0 Å². The number of benzene rings is 1. The molecule has 2 saturated carbocycles. The van der Waals surface area contributed by atoms with Crippen LogP contribution in [0.15, 0.2) is 18.2 Å². The van der Waals surface area contributed by atoms with Crippen LogP contribution >= 0.6 is 0 Å². The summed E-state index contributed by atoms with van der Waals surface area (Å²) in [6.07, 6.45) is 6.67. The number of rotatable bonds is 7. The van der Waals surface area contributed by atoms with Crippen LogP contribution in [0.2, 0.25) is 0 Å². The molecule has 2 heterocycles. The summed E-state index contributed by atoms with van der Waals surface area (Å²) >= 11 is 0. The van der Waals surface area contributed by atoms with Gasteiger partial charge in [-0.05, 0) is 56.2 Å². The third kappa shape index (κ3) is 4.86. The van der Waals surface area contributed by atoms with Crippen molar-refractivity contribution in [3.63, 3.8) is 0 Å². The summed E-state index contributed by atoms with van der Waals surface area (Å²) in [5.74, 6) is 1.39. The number of amides is 3. The molecule has 3 amide bonds. The van der Waals surface area contributed by atoms with Crippen LogP contribution in [0.1, 0.15) is 62.8 Å². The van der Waals surface area contributed by atoms with Crippen molar-refractivity contribution in [2.75, 3.05) is 18.5 Å². The number of nitrogens with one attached hydrogen (secondary N) is 3. The lowest BCUT2D eigenvalue weighted by Gasteiger charge is -2.37. The standard InChI is InChI=1S/C24H33N3O5/c28-13-21-23-19(10-17(31-21)11-22(29)25-12-14-5-6-14)18-9-16(7-8-20(18)32-23)27-24(30)26-15-3-1-2-4-15/h7-9,14-15,17,19,21,23,28H,1-6,10-13H2,(H,25,29)(H2,26,27,30)/t17-,19-,21-,23+/m0/s1. The van der Waals surface area contributed by atoms with Crippen LogP contribution in [-0.4, -0.2) is 54.6 Å². The Hall–Kier alpha value is -2.32. The van der Waals surface area contributed by atoms with Crippen LogP contribution in [-0.2, 0) is 9.53 Å². The molecule has 8 heteroatoms. The first-order valence-corrected chi connectivity index (χ1v) is 12.0. The van der Waals surface area contributed by atoms with Crippen molar-refractivity contribution < 1.29 is 24.2 Å². The second-order valence-electron chi connectivity index (χ2n) is 9.69. The van der Waals surface area contributed by atoms with Gasteiger partial charge in [0.2, 0.25) is 5.91 Å². The van der Waals surface area contributed by atoms with E-state index in [9.17, 15) is 14.7 Å². The summed E-state index contributed by atoms with van der Waals surface area (Å²) in [6, 6.07) is 5.73. The van der Waals surface area contributed by atoms with E-state index in [1.54, 1.807) is 0 Å². The summed E-state index contributed by atoms with van der Waals surface area (Å²) in [5.41, 5.74) is 1.72. The van der Waals surface area contributed by atoms with E-state index in [2.05, 4.69) is 16.0 Å². The molecule has 1 aromatic carbocycles. The first-order chi connectivity index (χ1) is 15.6. The van der Waals surface area contributed by atoms with Gasteiger partial charge in [-0.2, -0.15) is 0 Å². The molecule has 1 aromatic rings. The molecule has 8 nitrogen and oxygen atoms in total. The molecule has 174 valence electrons. The third-order valence-electron chi connectivity index (χ3n) is 7.15. The SMILES string of the molecule is O=C(C[C@@H]1C[C@H]2c3cc(NC(=O)NC4CCCC4)ccc3O[C@H]2[C@H](CO)O1)NCC1CC1. The van der Waals surface area contributed by atoms with Gasteiger partial charge in [-0.1, -0.05) is 12.8 Å². The average molecular weight is 444 g/mol. The molecule has 1 saturated heterocycles. The quantitative estimate of drug-likeness (QED) is 0.518. The number of hydrogen-bond donors (Lipinski definition) is 4. The molecule has 0 bridgehead atoms. The summed E-state index contributed by atoms with van der Waals surface area (Å²) in [5, 5.41) is 18.9. The molecule has 5 rings (SSSR count). The second kappa shape index (κ2) is 9.27. The maximum absolute atomic E-state index is 12.4. The summed E-state index contributed by atoms with van der Waals surface area (Å²) in [4.78, 5) is 24.7. The number of aliphatic hydroxyl groups is 1. The first-order valence-electron chi connectivity index (χ1n) is 12.0. The van der Waals surface area contributed by atoms with Crippen LogP contribution in [0.4, 0.5) is 10.5 Å². The first kappa shape index (κ1) is 21.5. The highest BCUT2D eigenvalue weighted by atomic mass is 16.6. The van der Waals surface area contributed by atoms with Gasteiger partial charge in [-0.15, -0.1) is 0 Å². The molecule has 4 aliphatic rings. The smallest absolute Gasteiger partial charge is 0.319 e. The zero-order chi connectivity index (χ0) is 22.1. The van der Waals surface area contributed by atoms with Gasteiger partial charge in [0.25, 0.3) is 0 Å². The Bertz CT molecular complexity index is 852. The van der Waals surface area contributed by atoms with Crippen molar-refractivity contribution in [2.45, 2.75) is 81.6 Å². The fourth-order valence-corrected chi connectivity index (χ4v) is 5.25. The van der Waals surface area contributed by atoms with Gasteiger partial charge in [-0.25, -0.2) is 4.79 Å². The molecule has 0 spiro atoms. The van der Waals surface area contributed by atoms with E-state index in [4.69, 9.17) is 9.47 Å². The molecule has 0 unspecified atom stereocenters. The Morgan fingerprint density at radius 1 is 1.12 bits per heavy atom. The topological polar surface area (TPSA) is 109 Å². The van der Waals surface area contributed by atoms with Crippen LogP contribution in [0, 0.1) is 5.92 Å². The highest BCUT2D eigenvalue weighted by Crippen LogP contribution is 2.47. The Morgan fingerprint density at radius 2 is 1.94 bits per heavy atom. The second-order valence-corrected chi connectivity index (χ2v) is 9.69. The molecule has 3 fully saturated rings. The minimum Gasteiger partial charge on any atom is -0.487 e. The Labute approximate surface area is 188 Å². The maximum atomic E-state index is 12.4.